The monoisotopic (exact) mass is 270 g/mol. The molecular weight excluding hydrogens is 260 g/mol. The number of benzene rings is 2. The van der Waals surface area contributed by atoms with Gasteiger partial charge in [0.1, 0.15) is 0 Å². The van der Waals surface area contributed by atoms with Gasteiger partial charge in [-0.1, -0.05) is 12.1 Å². The zero-order valence-electron chi connectivity index (χ0n) is 11.0. The van der Waals surface area contributed by atoms with Crippen molar-refractivity contribution < 1.29 is 0 Å². The Morgan fingerprint density at radius 1 is 1.05 bits per heavy atom. The minimum atomic E-state index is 0.636. The number of hydrogen-bond donors (Lipinski definition) is 1. The first kappa shape index (κ1) is 11.6. The Hall–Kier alpha value is -3.19. The molecule has 98 valence electrons. The fourth-order valence-corrected chi connectivity index (χ4v) is 2.49. The molecule has 2 heterocycles. The lowest BCUT2D eigenvalue weighted by atomic mass is 10.1. The summed E-state index contributed by atoms with van der Waals surface area (Å²) in [7, 11) is 0. The standard InChI is InChI=1S/C17H10N4/c18-8-11-5-6-14-12(7-11)13(9-19-14)17-10-20-15-3-1-2-4-16(15)21-17/h1-7,9-10,19H. The van der Waals surface area contributed by atoms with Gasteiger partial charge >= 0.3 is 0 Å². The topological polar surface area (TPSA) is 65.4 Å². The van der Waals surface area contributed by atoms with E-state index in [1.54, 1.807) is 12.3 Å². The molecule has 1 N–H and O–H groups in total. The van der Waals surface area contributed by atoms with Crippen LogP contribution in [-0.2, 0) is 0 Å². The molecule has 0 aliphatic carbocycles. The first-order valence-electron chi connectivity index (χ1n) is 6.58. The number of nitrogens with one attached hydrogen (secondary N) is 1. The number of hydrogen-bond acceptors (Lipinski definition) is 3. The third-order valence-electron chi connectivity index (χ3n) is 3.54. The Bertz CT molecular complexity index is 1010. The van der Waals surface area contributed by atoms with Gasteiger partial charge < -0.3 is 4.98 Å². The molecule has 0 amide bonds. The average Bonchev–Trinajstić information content (AvgIpc) is 2.97. The largest absolute Gasteiger partial charge is 0.360 e. The van der Waals surface area contributed by atoms with Crippen LogP contribution in [0.3, 0.4) is 0 Å². The zero-order valence-corrected chi connectivity index (χ0v) is 11.0. The van der Waals surface area contributed by atoms with E-state index in [1.807, 2.05) is 42.6 Å². The van der Waals surface area contributed by atoms with Crippen LogP contribution < -0.4 is 0 Å². The van der Waals surface area contributed by atoms with E-state index in [-0.39, 0.29) is 0 Å². The van der Waals surface area contributed by atoms with Crippen LogP contribution in [0.15, 0.2) is 54.9 Å². The fourth-order valence-electron chi connectivity index (χ4n) is 2.49. The van der Waals surface area contributed by atoms with Crippen molar-refractivity contribution >= 4 is 21.9 Å². The molecule has 0 unspecified atom stereocenters. The highest BCUT2D eigenvalue weighted by atomic mass is 14.8. The first-order chi connectivity index (χ1) is 10.3. The summed E-state index contributed by atoms with van der Waals surface area (Å²) in [6.45, 7) is 0. The van der Waals surface area contributed by atoms with Crippen molar-refractivity contribution in [3.05, 3.63) is 60.4 Å². The second kappa shape index (κ2) is 4.43. The summed E-state index contributed by atoms with van der Waals surface area (Å²) in [5, 5.41) is 10.0. The maximum atomic E-state index is 9.05. The minimum Gasteiger partial charge on any atom is -0.360 e. The Labute approximate surface area is 120 Å². The summed E-state index contributed by atoms with van der Waals surface area (Å²) in [6.07, 6.45) is 3.68. The van der Waals surface area contributed by atoms with Crippen molar-refractivity contribution in [3.63, 3.8) is 0 Å². The molecule has 0 saturated carbocycles. The predicted octanol–water partition coefficient (Wildman–Crippen LogP) is 3.65. The van der Waals surface area contributed by atoms with Crippen LogP contribution in [0, 0.1) is 11.3 Å². The van der Waals surface area contributed by atoms with Gasteiger partial charge in [0.15, 0.2) is 0 Å². The Morgan fingerprint density at radius 3 is 2.76 bits per heavy atom. The van der Waals surface area contributed by atoms with E-state index in [0.29, 0.717) is 5.56 Å². The van der Waals surface area contributed by atoms with Crippen LogP contribution in [0.1, 0.15) is 5.56 Å². The minimum absolute atomic E-state index is 0.636. The zero-order chi connectivity index (χ0) is 14.2. The molecule has 4 aromatic rings. The van der Waals surface area contributed by atoms with Crippen LogP contribution in [0.2, 0.25) is 0 Å². The summed E-state index contributed by atoms with van der Waals surface area (Å²) in [6, 6.07) is 15.5. The number of para-hydroxylation sites is 2. The van der Waals surface area contributed by atoms with Gasteiger partial charge in [0.05, 0.1) is 34.6 Å². The summed E-state index contributed by atoms with van der Waals surface area (Å²) in [4.78, 5) is 12.3. The number of aromatic nitrogens is 3. The summed E-state index contributed by atoms with van der Waals surface area (Å²) in [5.74, 6) is 0. The number of nitrogens with zero attached hydrogens (tertiary/aromatic N) is 3. The lowest BCUT2D eigenvalue weighted by Gasteiger charge is -2.01. The van der Waals surface area contributed by atoms with E-state index in [4.69, 9.17) is 5.26 Å². The highest BCUT2D eigenvalue weighted by Crippen LogP contribution is 2.28. The SMILES string of the molecule is N#Cc1ccc2[nH]cc(-c3cnc4ccccc4n3)c2c1. The smallest absolute Gasteiger partial charge is 0.0991 e. The Morgan fingerprint density at radius 2 is 1.90 bits per heavy atom. The van der Waals surface area contributed by atoms with Crippen LogP contribution in [0.4, 0.5) is 0 Å². The molecule has 0 spiro atoms. The molecule has 2 aromatic carbocycles. The number of aromatic amines is 1. The fraction of sp³-hybridized carbons (Fsp3) is 0. The molecule has 0 radical (unpaired) electrons. The van der Waals surface area contributed by atoms with Crippen LogP contribution in [-0.4, -0.2) is 15.0 Å². The van der Waals surface area contributed by atoms with Gasteiger partial charge in [-0.3, -0.25) is 4.98 Å². The summed E-state index contributed by atoms with van der Waals surface area (Å²) < 4.78 is 0. The molecule has 4 nitrogen and oxygen atoms in total. The van der Waals surface area contributed by atoms with Crippen LogP contribution in [0.25, 0.3) is 33.2 Å². The predicted molar refractivity (Wildman–Crippen MR) is 81.5 cm³/mol. The van der Waals surface area contributed by atoms with Crippen LogP contribution in [0.5, 0.6) is 0 Å². The second-order valence-corrected chi connectivity index (χ2v) is 4.82. The molecule has 0 saturated heterocycles. The normalized spacial score (nSPS) is 10.8. The van der Waals surface area contributed by atoms with E-state index >= 15 is 0 Å². The van der Waals surface area contributed by atoms with E-state index in [1.165, 1.54) is 0 Å². The highest BCUT2D eigenvalue weighted by Gasteiger charge is 2.09. The van der Waals surface area contributed by atoms with Gasteiger partial charge in [-0.15, -0.1) is 0 Å². The molecule has 4 rings (SSSR count). The van der Waals surface area contributed by atoms with Gasteiger partial charge in [-0.25, -0.2) is 4.98 Å². The Kier molecular flexibility index (Phi) is 2.45. The third-order valence-corrected chi connectivity index (χ3v) is 3.54. The third kappa shape index (κ3) is 1.84. The van der Waals surface area contributed by atoms with E-state index in [9.17, 15) is 0 Å². The molecule has 0 bridgehead atoms. The maximum Gasteiger partial charge on any atom is 0.0991 e. The molecule has 0 aliphatic rings. The summed E-state index contributed by atoms with van der Waals surface area (Å²) in [5.41, 5.74) is 5.12. The molecule has 2 aromatic heterocycles. The number of fused-ring (bicyclic) bond motifs is 2. The van der Waals surface area contributed by atoms with Gasteiger partial charge in [0, 0.05) is 22.7 Å². The number of H-pyrrole nitrogens is 1. The van der Waals surface area contributed by atoms with E-state index in [0.717, 1.165) is 33.2 Å². The molecule has 0 atom stereocenters. The van der Waals surface area contributed by atoms with Crippen LogP contribution >= 0.6 is 0 Å². The lowest BCUT2D eigenvalue weighted by molar-refractivity contribution is 1.30. The Balaban J connectivity index is 1.97. The molecule has 4 heteroatoms. The van der Waals surface area contributed by atoms with Crippen molar-refractivity contribution in [3.8, 4) is 17.3 Å². The second-order valence-electron chi connectivity index (χ2n) is 4.82. The highest BCUT2D eigenvalue weighted by molar-refractivity contribution is 5.96. The van der Waals surface area contributed by atoms with Crippen molar-refractivity contribution in [2.24, 2.45) is 0 Å². The molecule has 0 aliphatic heterocycles. The van der Waals surface area contributed by atoms with Crippen molar-refractivity contribution in [2.45, 2.75) is 0 Å². The maximum absolute atomic E-state index is 9.05. The van der Waals surface area contributed by atoms with Gasteiger partial charge in [0.2, 0.25) is 0 Å². The van der Waals surface area contributed by atoms with E-state index in [2.05, 4.69) is 21.0 Å². The van der Waals surface area contributed by atoms with Gasteiger partial charge in [-0.2, -0.15) is 5.26 Å². The number of nitriles is 1. The first-order valence-corrected chi connectivity index (χ1v) is 6.58. The molecule has 0 fully saturated rings. The van der Waals surface area contributed by atoms with Gasteiger partial charge in [0.25, 0.3) is 0 Å². The molecule has 21 heavy (non-hydrogen) atoms. The molecular formula is C17H10N4. The quantitative estimate of drug-likeness (QED) is 0.574. The van der Waals surface area contributed by atoms with Gasteiger partial charge in [-0.05, 0) is 30.3 Å². The number of rotatable bonds is 1. The van der Waals surface area contributed by atoms with Crippen molar-refractivity contribution in [1.29, 1.82) is 5.26 Å². The lowest BCUT2D eigenvalue weighted by Crippen LogP contribution is -1.87. The average molecular weight is 270 g/mol. The van der Waals surface area contributed by atoms with Crippen molar-refractivity contribution in [2.75, 3.05) is 0 Å². The summed E-state index contributed by atoms with van der Waals surface area (Å²) >= 11 is 0. The van der Waals surface area contributed by atoms with Crippen molar-refractivity contribution in [1.82, 2.24) is 15.0 Å². The van der Waals surface area contributed by atoms with E-state index < -0.39 is 0 Å².